The van der Waals surface area contributed by atoms with Gasteiger partial charge in [0.1, 0.15) is 0 Å². The van der Waals surface area contributed by atoms with Gasteiger partial charge < -0.3 is 9.47 Å². The Labute approximate surface area is 102 Å². The molecule has 1 fully saturated rings. The fourth-order valence-electron chi connectivity index (χ4n) is 1.98. The fraction of sp³-hybridized carbons (Fsp3) is 0.500. The highest BCUT2D eigenvalue weighted by Crippen LogP contribution is 2.14. The molecular weight excluding hydrogens is 216 g/mol. The Balaban J connectivity index is 1.99. The number of hydrogen-bond acceptors (Lipinski definition) is 3. The Morgan fingerprint density at radius 1 is 1.35 bits per heavy atom. The second kappa shape index (κ2) is 5.94. The number of aryl methyl sites for hydroxylation is 1. The summed E-state index contributed by atoms with van der Waals surface area (Å²) in [5.74, 6) is 0.0925. The quantitative estimate of drug-likeness (QED) is 0.734. The monoisotopic (exact) mass is 234 g/mol. The molecule has 1 aromatic carbocycles. The van der Waals surface area contributed by atoms with Crippen molar-refractivity contribution in [3.63, 3.8) is 0 Å². The molecule has 0 atom stereocenters. The topological polar surface area (TPSA) is 35.5 Å². The van der Waals surface area contributed by atoms with Crippen molar-refractivity contribution in [1.82, 2.24) is 0 Å². The molecule has 1 aromatic rings. The molecule has 0 aliphatic carbocycles. The smallest absolute Gasteiger partial charge is 0.167 e. The molecule has 0 saturated carbocycles. The van der Waals surface area contributed by atoms with E-state index in [9.17, 15) is 4.79 Å². The van der Waals surface area contributed by atoms with E-state index in [2.05, 4.69) is 13.0 Å². The summed E-state index contributed by atoms with van der Waals surface area (Å²) in [6.45, 7) is 3.32. The van der Waals surface area contributed by atoms with Crippen LogP contribution < -0.4 is 0 Å². The third-order valence-corrected chi connectivity index (χ3v) is 2.83. The molecular formula is C14H18O3. The van der Waals surface area contributed by atoms with Crippen LogP contribution in [0.5, 0.6) is 0 Å². The van der Waals surface area contributed by atoms with E-state index in [1.54, 1.807) is 0 Å². The number of rotatable bonds is 5. The largest absolute Gasteiger partial charge is 0.350 e. The van der Waals surface area contributed by atoms with E-state index in [0.29, 0.717) is 19.6 Å². The summed E-state index contributed by atoms with van der Waals surface area (Å²) in [5, 5.41) is 0. The molecule has 0 bridgehead atoms. The molecule has 3 heteroatoms. The first kappa shape index (κ1) is 12.3. The third-order valence-electron chi connectivity index (χ3n) is 2.83. The molecule has 1 saturated heterocycles. The molecule has 0 unspecified atom stereocenters. The Hall–Kier alpha value is -1.19. The standard InChI is InChI=1S/C14H18O3/c1-2-4-11-5-3-6-12(9-11)13(15)10-14-16-7-8-17-14/h3,5-6,9,14H,2,4,7-8,10H2,1H3. The summed E-state index contributed by atoms with van der Waals surface area (Å²) in [6, 6.07) is 7.83. The number of ether oxygens (including phenoxy) is 2. The maximum absolute atomic E-state index is 12.0. The number of carbonyl (C=O) groups excluding carboxylic acids is 1. The van der Waals surface area contributed by atoms with E-state index in [1.165, 1.54) is 5.56 Å². The first-order valence-corrected chi connectivity index (χ1v) is 6.15. The predicted molar refractivity (Wildman–Crippen MR) is 65.1 cm³/mol. The molecule has 92 valence electrons. The van der Waals surface area contributed by atoms with Gasteiger partial charge in [-0.05, 0) is 18.1 Å². The van der Waals surface area contributed by atoms with Gasteiger partial charge in [-0.15, -0.1) is 0 Å². The first-order chi connectivity index (χ1) is 8.29. The summed E-state index contributed by atoms with van der Waals surface area (Å²) >= 11 is 0. The van der Waals surface area contributed by atoms with Crippen molar-refractivity contribution in [2.45, 2.75) is 32.5 Å². The van der Waals surface area contributed by atoms with Crippen LogP contribution in [0.4, 0.5) is 0 Å². The lowest BCUT2D eigenvalue weighted by atomic mass is 10.0. The zero-order valence-corrected chi connectivity index (χ0v) is 10.1. The molecule has 0 N–H and O–H groups in total. The van der Waals surface area contributed by atoms with Crippen LogP contribution in [0, 0.1) is 0 Å². The van der Waals surface area contributed by atoms with Crippen LogP contribution in [0.15, 0.2) is 24.3 Å². The van der Waals surface area contributed by atoms with Gasteiger partial charge >= 0.3 is 0 Å². The number of benzene rings is 1. The van der Waals surface area contributed by atoms with Crippen molar-refractivity contribution in [2.75, 3.05) is 13.2 Å². The SMILES string of the molecule is CCCc1cccc(C(=O)CC2OCCO2)c1. The minimum Gasteiger partial charge on any atom is -0.350 e. The lowest BCUT2D eigenvalue weighted by Gasteiger charge is -2.08. The molecule has 0 amide bonds. The average molecular weight is 234 g/mol. The van der Waals surface area contributed by atoms with Crippen molar-refractivity contribution in [3.8, 4) is 0 Å². The number of Topliss-reactive ketones (excluding diaryl/α,β-unsaturated/α-hetero) is 1. The summed E-state index contributed by atoms with van der Waals surface area (Å²) < 4.78 is 10.6. The van der Waals surface area contributed by atoms with Crippen molar-refractivity contribution in [3.05, 3.63) is 35.4 Å². The number of carbonyl (C=O) groups is 1. The van der Waals surface area contributed by atoms with Crippen LogP contribution in [0.2, 0.25) is 0 Å². The zero-order valence-electron chi connectivity index (χ0n) is 10.1. The van der Waals surface area contributed by atoms with Crippen LogP contribution in [-0.2, 0) is 15.9 Å². The molecule has 0 aromatic heterocycles. The second-order valence-corrected chi connectivity index (χ2v) is 4.25. The molecule has 0 spiro atoms. The molecule has 17 heavy (non-hydrogen) atoms. The molecule has 3 nitrogen and oxygen atoms in total. The predicted octanol–water partition coefficient (Wildman–Crippen LogP) is 2.58. The second-order valence-electron chi connectivity index (χ2n) is 4.25. The zero-order chi connectivity index (χ0) is 12.1. The highest BCUT2D eigenvalue weighted by atomic mass is 16.7. The van der Waals surface area contributed by atoms with Gasteiger partial charge in [-0.25, -0.2) is 0 Å². The van der Waals surface area contributed by atoms with Crippen LogP contribution in [0.3, 0.4) is 0 Å². The Morgan fingerprint density at radius 3 is 2.82 bits per heavy atom. The Morgan fingerprint density at radius 2 is 2.12 bits per heavy atom. The minimum absolute atomic E-state index is 0.0925. The van der Waals surface area contributed by atoms with Crippen molar-refractivity contribution >= 4 is 5.78 Å². The van der Waals surface area contributed by atoms with Crippen molar-refractivity contribution in [2.24, 2.45) is 0 Å². The van der Waals surface area contributed by atoms with E-state index >= 15 is 0 Å². The fourth-order valence-corrected chi connectivity index (χ4v) is 1.98. The molecule has 1 aliphatic rings. The molecule has 1 heterocycles. The Kier molecular flexibility index (Phi) is 4.29. The van der Waals surface area contributed by atoms with Gasteiger partial charge in [0.05, 0.1) is 19.6 Å². The first-order valence-electron chi connectivity index (χ1n) is 6.15. The van der Waals surface area contributed by atoms with E-state index in [-0.39, 0.29) is 12.1 Å². The van der Waals surface area contributed by atoms with Crippen molar-refractivity contribution in [1.29, 1.82) is 0 Å². The van der Waals surface area contributed by atoms with E-state index < -0.39 is 0 Å². The summed E-state index contributed by atoms with van der Waals surface area (Å²) in [6.07, 6.45) is 2.07. The van der Waals surface area contributed by atoms with Gasteiger partial charge in [0, 0.05) is 5.56 Å². The van der Waals surface area contributed by atoms with E-state index in [1.807, 2.05) is 18.2 Å². The summed E-state index contributed by atoms with van der Waals surface area (Å²) in [4.78, 5) is 12.0. The minimum atomic E-state index is -0.350. The van der Waals surface area contributed by atoms with Crippen LogP contribution in [0.25, 0.3) is 0 Å². The van der Waals surface area contributed by atoms with E-state index in [0.717, 1.165) is 18.4 Å². The molecule has 0 radical (unpaired) electrons. The molecule has 2 rings (SSSR count). The van der Waals surface area contributed by atoms with Crippen LogP contribution in [-0.4, -0.2) is 25.3 Å². The Bertz CT molecular complexity index is 381. The normalized spacial score (nSPS) is 16.3. The highest BCUT2D eigenvalue weighted by Gasteiger charge is 2.20. The lowest BCUT2D eigenvalue weighted by molar-refractivity contribution is -0.0407. The van der Waals surface area contributed by atoms with Crippen LogP contribution >= 0.6 is 0 Å². The van der Waals surface area contributed by atoms with Gasteiger partial charge in [-0.1, -0.05) is 31.5 Å². The van der Waals surface area contributed by atoms with Gasteiger partial charge in [-0.2, -0.15) is 0 Å². The number of ketones is 1. The van der Waals surface area contributed by atoms with E-state index in [4.69, 9.17) is 9.47 Å². The van der Waals surface area contributed by atoms with Crippen LogP contribution in [0.1, 0.15) is 35.7 Å². The average Bonchev–Trinajstić information content (AvgIpc) is 2.83. The molecule has 1 aliphatic heterocycles. The lowest BCUT2D eigenvalue weighted by Crippen LogP contribution is -2.14. The maximum Gasteiger partial charge on any atom is 0.167 e. The summed E-state index contributed by atoms with van der Waals surface area (Å²) in [7, 11) is 0. The third kappa shape index (κ3) is 3.38. The summed E-state index contributed by atoms with van der Waals surface area (Å²) in [5.41, 5.74) is 1.97. The number of hydrogen-bond donors (Lipinski definition) is 0. The highest BCUT2D eigenvalue weighted by molar-refractivity contribution is 5.96. The van der Waals surface area contributed by atoms with Gasteiger partial charge in [0.2, 0.25) is 0 Å². The van der Waals surface area contributed by atoms with Gasteiger partial charge in [0.25, 0.3) is 0 Å². The van der Waals surface area contributed by atoms with Crippen molar-refractivity contribution < 1.29 is 14.3 Å². The van der Waals surface area contributed by atoms with Gasteiger partial charge in [-0.3, -0.25) is 4.79 Å². The van der Waals surface area contributed by atoms with Gasteiger partial charge in [0.15, 0.2) is 12.1 Å². The maximum atomic E-state index is 12.0.